The second-order valence-corrected chi connectivity index (χ2v) is 2.59. The van der Waals surface area contributed by atoms with Crippen LogP contribution in [0.25, 0.3) is 0 Å². The minimum absolute atomic E-state index is 0.142. The Kier molecular flexibility index (Phi) is 2.98. The molecule has 0 radical (unpaired) electrons. The fourth-order valence-corrected chi connectivity index (χ4v) is 1.21. The number of nitrogen functional groups attached to an aromatic ring is 1. The molecule has 0 amide bonds. The van der Waals surface area contributed by atoms with Crippen LogP contribution in [0.4, 0.5) is 19.0 Å². The summed E-state index contributed by atoms with van der Waals surface area (Å²) in [5.41, 5.74) is 4.34. The summed E-state index contributed by atoms with van der Waals surface area (Å²) >= 11 is 5.33. The molecule has 2 N–H and O–H groups in total. The van der Waals surface area contributed by atoms with Gasteiger partial charge in [0.05, 0.1) is 17.6 Å². The average molecular weight is 211 g/mol. The largest absolute Gasteiger partial charge is 0.383 e. The van der Waals surface area contributed by atoms with Gasteiger partial charge in [-0.05, 0) is 0 Å². The zero-order valence-electron chi connectivity index (χ0n) is 6.40. The molecule has 1 heterocycles. The molecular weight excluding hydrogens is 205 g/mol. The Balaban J connectivity index is 3.35. The van der Waals surface area contributed by atoms with Crippen molar-refractivity contribution in [3.63, 3.8) is 0 Å². The van der Waals surface area contributed by atoms with Gasteiger partial charge in [0, 0.05) is 5.56 Å². The van der Waals surface area contributed by atoms with Crippen molar-refractivity contribution >= 4 is 17.4 Å². The molecule has 0 spiro atoms. The quantitative estimate of drug-likeness (QED) is 0.762. The zero-order chi connectivity index (χ0) is 10.0. The van der Waals surface area contributed by atoms with Crippen LogP contribution in [0.3, 0.4) is 0 Å². The number of nitrogens with two attached hydrogens (primary N) is 1. The number of hydrogen-bond donors (Lipinski definition) is 1. The number of aromatic nitrogens is 1. The number of hydrogen-bond acceptors (Lipinski definition) is 2. The van der Waals surface area contributed by atoms with E-state index in [-0.39, 0.29) is 17.3 Å². The molecule has 0 fully saturated rings. The van der Waals surface area contributed by atoms with Crippen LogP contribution in [-0.2, 0) is 5.88 Å². The fourth-order valence-electron chi connectivity index (χ4n) is 0.932. The second kappa shape index (κ2) is 3.83. The molecule has 0 aromatic carbocycles. The number of nitrogens with zero attached hydrogens (tertiary/aromatic N) is 1. The highest BCUT2D eigenvalue weighted by Crippen LogP contribution is 2.29. The van der Waals surface area contributed by atoms with E-state index in [4.69, 9.17) is 17.3 Å². The van der Waals surface area contributed by atoms with Crippen molar-refractivity contribution in [2.45, 2.75) is 12.3 Å². The lowest BCUT2D eigenvalue weighted by Crippen LogP contribution is -2.04. The first-order chi connectivity index (χ1) is 6.07. The van der Waals surface area contributed by atoms with Crippen LogP contribution in [0.2, 0.25) is 0 Å². The van der Waals surface area contributed by atoms with Crippen LogP contribution in [0.15, 0.2) is 6.20 Å². The van der Waals surface area contributed by atoms with Crippen LogP contribution in [0, 0.1) is 5.82 Å². The van der Waals surface area contributed by atoms with Gasteiger partial charge in [0.2, 0.25) is 0 Å². The zero-order valence-corrected chi connectivity index (χ0v) is 7.15. The molecule has 1 aromatic heterocycles. The number of anilines is 1. The van der Waals surface area contributed by atoms with E-state index in [9.17, 15) is 13.2 Å². The SMILES string of the molecule is Nc1ncc(F)c(C(F)F)c1CCl. The number of alkyl halides is 3. The van der Waals surface area contributed by atoms with Crippen LogP contribution < -0.4 is 5.73 Å². The fraction of sp³-hybridized carbons (Fsp3) is 0.286. The molecule has 6 heteroatoms. The maximum absolute atomic E-state index is 12.8. The molecule has 0 bridgehead atoms. The predicted molar refractivity (Wildman–Crippen MR) is 43.1 cm³/mol. The van der Waals surface area contributed by atoms with E-state index in [0.717, 1.165) is 0 Å². The highest BCUT2D eigenvalue weighted by molar-refractivity contribution is 6.17. The number of pyridine rings is 1. The van der Waals surface area contributed by atoms with E-state index in [1.54, 1.807) is 0 Å². The Morgan fingerprint density at radius 1 is 1.54 bits per heavy atom. The lowest BCUT2D eigenvalue weighted by Gasteiger charge is -2.08. The van der Waals surface area contributed by atoms with Crippen LogP contribution in [0.1, 0.15) is 17.6 Å². The predicted octanol–water partition coefficient (Wildman–Crippen LogP) is 2.48. The molecule has 0 aliphatic carbocycles. The van der Waals surface area contributed by atoms with Crippen molar-refractivity contribution in [3.8, 4) is 0 Å². The minimum atomic E-state index is -2.93. The Bertz CT molecular complexity index is 317. The summed E-state index contributed by atoms with van der Waals surface area (Å²) in [4.78, 5) is 3.38. The maximum Gasteiger partial charge on any atom is 0.267 e. The number of halogens is 4. The molecule has 0 atom stereocenters. The van der Waals surface area contributed by atoms with Crippen molar-refractivity contribution < 1.29 is 13.2 Å². The van der Waals surface area contributed by atoms with Gasteiger partial charge < -0.3 is 5.73 Å². The first kappa shape index (κ1) is 10.1. The lowest BCUT2D eigenvalue weighted by atomic mass is 10.1. The minimum Gasteiger partial charge on any atom is -0.383 e. The summed E-state index contributed by atoms with van der Waals surface area (Å²) in [6.07, 6.45) is -2.27. The van der Waals surface area contributed by atoms with Gasteiger partial charge in [-0.15, -0.1) is 11.6 Å². The molecule has 1 aromatic rings. The van der Waals surface area contributed by atoms with Crippen molar-refractivity contribution in [1.29, 1.82) is 0 Å². The smallest absolute Gasteiger partial charge is 0.267 e. The third kappa shape index (κ3) is 1.85. The molecule has 2 nitrogen and oxygen atoms in total. The van der Waals surface area contributed by atoms with Crippen molar-refractivity contribution in [1.82, 2.24) is 4.98 Å². The van der Waals surface area contributed by atoms with Gasteiger partial charge in [-0.2, -0.15) is 0 Å². The van der Waals surface area contributed by atoms with Gasteiger partial charge in [-0.25, -0.2) is 18.2 Å². The average Bonchev–Trinajstić information content (AvgIpc) is 2.07. The van der Waals surface area contributed by atoms with Crippen molar-refractivity contribution in [2.24, 2.45) is 0 Å². The highest BCUT2D eigenvalue weighted by Gasteiger charge is 2.20. The third-order valence-corrected chi connectivity index (χ3v) is 1.83. The Morgan fingerprint density at radius 3 is 2.54 bits per heavy atom. The van der Waals surface area contributed by atoms with Crippen LogP contribution in [-0.4, -0.2) is 4.98 Å². The normalized spacial score (nSPS) is 10.8. The molecule has 72 valence electrons. The molecule has 1 rings (SSSR count). The molecule has 0 saturated heterocycles. The summed E-state index contributed by atoms with van der Waals surface area (Å²) in [5.74, 6) is -1.53. The molecule has 0 aliphatic rings. The molecule has 0 aliphatic heterocycles. The van der Waals surface area contributed by atoms with Crippen LogP contribution >= 0.6 is 11.6 Å². The van der Waals surface area contributed by atoms with E-state index in [0.29, 0.717) is 6.20 Å². The van der Waals surface area contributed by atoms with E-state index < -0.39 is 17.8 Å². The van der Waals surface area contributed by atoms with E-state index in [1.165, 1.54) is 0 Å². The summed E-state index contributed by atoms with van der Waals surface area (Å²) < 4.78 is 37.4. The monoisotopic (exact) mass is 210 g/mol. The van der Waals surface area contributed by atoms with Gasteiger partial charge in [0.15, 0.2) is 5.82 Å². The standard InChI is InChI=1S/C7H6ClF3N2/c8-1-3-5(6(10)11)4(9)2-13-7(3)12/h2,6H,1H2,(H2,12,13). The molecule has 0 unspecified atom stereocenters. The van der Waals surface area contributed by atoms with Gasteiger partial charge in [-0.3, -0.25) is 0 Å². The first-order valence-corrected chi connectivity index (χ1v) is 3.88. The lowest BCUT2D eigenvalue weighted by molar-refractivity contribution is 0.145. The maximum atomic E-state index is 12.8. The Morgan fingerprint density at radius 2 is 2.15 bits per heavy atom. The van der Waals surface area contributed by atoms with Crippen LogP contribution in [0.5, 0.6) is 0 Å². The topological polar surface area (TPSA) is 38.9 Å². The Labute approximate surface area is 77.5 Å². The van der Waals surface area contributed by atoms with Gasteiger partial charge in [-0.1, -0.05) is 0 Å². The van der Waals surface area contributed by atoms with Crippen molar-refractivity contribution in [2.75, 3.05) is 5.73 Å². The van der Waals surface area contributed by atoms with E-state index >= 15 is 0 Å². The highest BCUT2D eigenvalue weighted by atomic mass is 35.5. The third-order valence-electron chi connectivity index (χ3n) is 1.56. The number of rotatable bonds is 2. The summed E-state index contributed by atoms with van der Waals surface area (Å²) in [7, 11) is 0. The molecule has 0 saturated carbocycles. The van der Waals surface area contributed by atoms with Gasteiger partial charge >= 0.3 is 0 Å². The molecular formula is C7H6ClF3N2. The van der Waals surface area contributed by atoms with Gasteiger partial charge in [0.1, 0.15) is 5.82 Å². The van der Waals surface area contributed by atoms with E-state index in [1.807, 2.05) is 0 Å². The summed E-state index contributed by atoms with van der Waals surface area (Å²) in [5, 5.41) is 0. The van der Waals surface area contributed by atoms with Gasteiger partial charge in [0.25, 0.3) is 6.43 Å². The van der Waals surface area contributed by atoms with Crippen molar-refractivity contribution in [3.05, 3.63) is 23.1 Å². The first-order valence-electron chi connectivity index (χ1n) is 3.34. The Hall–Kier alpha value is -0.970. The summed E-state index contributed by atoms with van der Waals surface area (Å²) in [6, 6.07) is 0. The second-order valence-electron chi connectivity index (χ2n) is 2.32. The molecule has 13 heavy (non-hydrogen) atoms. The summed E-state index contributed by atoms with van der Waals surface area (Å²) in [6.45, 7) is 0. The van der Waals surface area contributed by atoms with E-state index in [2.05, 4.69) is 4.98 Å².